The zero-order valence-electron chi connectivity index (χ0n) is 10.8. The van der Waals surface area contributed by atoms with Gasteiger partial charge in [0.2, 0.25) is 0 Å². The van der Waals surface area contributed by atoms with Gasteiger partial charge in [0.05, 0.1) is 0 Å². The van der Waals surface area contributed by atoms with E-state index in [9.17, 15) is 0 Å². The normalized spacial score (nSPS) is 12.6. The Kier molecular flexibility index (Phi) is 2.57. The Hall–Kier alpha value is -1.24. The minimum absolute atomic E-state index is 0.198. The van der Waals surface area contributed by atoms with Gasteiger partial charge in [-0.15, -0.1) is 0 Å². The highest BCUT2D eigenvalue weighted by molar-refractivity contribution is 5.79. The van der Waals surface area contributed by atoms with E-state index in [1.165, 1.54) is 10.9 Å². The first-order valence-corrected chi connectivity index (χ1v) is 5.92. The Balaban J connectivity index is 2.54. The van der Waals surface area contributed by atoms with Gasteiger partial charge in [-0.2, -0.15) is 0 Å². The molecule has 0 unspecified atom stereocenters. The molecule has 0 saturated carbocycles. The van der Waals surface area contributed by atoms with Crippen LogP contribution in [0.5, 0.6) is 0 Å². The number of fused-ring (bicyclic) bond motifs is 1. The summed E-state index contributed by atoms with van der Waals surface area (Å²) in [5.74, 6) is 1.52. The minimum atomic E-state index is 0.198. The van der Waals surface area contributed by atoms with Crippen molar-refractivity contribution in [2.45, 2.75) is 46.0 Å². The van der Waals surface area contributed by atoms with Crippen LogP contribution in [0, 0.1) is 0 Å². The van der Waals surface area contributed by atoms with E-state index in [-0.39, 0.29) is 5.41 Å². The van der Waals surface area contributed by atoms with E-state index in [4.69, 9.17) is 4.42 Å². The van der Waals surface area contributed by atoms with Crippen molar-refractivity contribution in [1.82, 2.24) is 0 Å². The maximum absolute atomic E-state index is 5.80. The van der Waals surface area contributed by atoms with Crippen molar-refractivity contribution in [2.24, 2.45) is 0 Å². The van der Waals surface area contributed by atoms with E-state index in [1.54, 1.807) is 0 Å². The Bertz CT molecular complexity index is 498. The molecule has 0 fully saturated rings. The van der Waals surface area contributed by atoms with Crippen LogP contribution in [0.2, 0.25) is 0 Å². The molecule has 1 heteroatoms. The van der Waals surface area contributed by atoms with Crippen LogP contribution in [0.15, 0.2) is 28.7 Å². The molecule has 0 saturated heterocycles. The van der Waals surface area contributed by atoms with E-state index < -0.39 is 0 Å². The molecule has 0 radical (unpaired) electrons. The maximum atomic E-state index is 5.80. The first-order chi connectivity index (χ1) is 7.38. The highest BCUT2D eigenvalue weighted by atomic mass is 16.3. The van der Waals surface area contributed by atoms with Gasteiger partial charge < -0.3 is 4.42 Å². The zero-order valence-corrected chi connectivity index (χ0v) is 10.8. The van der Waals surface area contributed by atoms with Gasteiger partial charge in [-0.3, -0.25) is 0 Å². The maximum Gasteiger partial charge on any atom is 0.134 e. The fourth-order valence-corrected chi connectivity index (χ4v) is 1.81. The van der Waals surface area contributed by atoms with Crippen molar-refractivity contribution in [1.29, 1.82) is 0 Å². The smallest absolute Gasteiger partial charge is 0.134 e. The first-order valence-electron chi connectivity index (χ1n) is 5.92. The molecule has 1 aromatic heterocycles. The minimum Gasteiger partial charge on any atom is -0.461 e. The molecule has 0 atom stereocenters. The molecule has 2 aromatic rings. The van der Waals surface area contributed by atoms with Crippen molar-refractivity contribution in [2.75, 3.05) is 0 Å². The summed E-state index contributed by atoms with van der Waals surface area (Å²) in [6.07, 6.45) is 0. The molecule has 0 spiro atoms. The summed E-state index contributed by atoms with van der Waals surface area (Å²) in [6, 6.07) is 8.65. The van der Waals surface area contributed by atoms with E-state index in [1.807, 2.05) is 0 Å². The molecule has 0 aliphatic carbocycles. The second-order valence-corrected chi connectivity index (χ2v) is 5.81. The van der Waals surface area contributed by atoms with Crippen molar-refractivity contribution >= 4 is 11.0 Å². The van der Waals surface area contributed by atoms with Crippen LogP contribution in [0.1, 0.15) is 51.9 Å². The van der Waals surface area contributed by atoms with Crippen molar-refractivity contribution in [3.8, 4) is 0 Å². The third-order valence-corrected chi connectivity index (χ3v) is 2.97. The predicted molar refractivity (Wildman–Crippen MR) is 69.0 cm³/mol. The second kappa shape index (κ2) is 3.65. The van der Waals surface area contributed by atoms with Gasteiger partial charge in [-0.05, 0) is 29.2 Å². The number of benzene rings is 1. The molecule has 1 aromatic carbocycles. The van der Waals surface area contributed by atoms with Crippen molar-refractivity contribution in [3.63, 3.8) is 0 Å². The third kappa shape index (κ3) is 1.99. The van der Waals surface area contributed by atoms with Gasteiger partial charge in [0.1, 0.15) is 11.3 Å². The average Bonchev–Trinajstić information content (AvgIpc) is 2.58. The number of rotatable bonds is 1. The highest BCUT2D eigenvalue weighted by Gasteiger charge is 2.15. The van der Waals surface area contributed by atoms with Gasteiger partial charge in [-0.1, -0.05) is 40.7 Å². The summed E-state index contributed by atoms with van der Waals surface area (Å²) in [7, 11) is 0. The molecule has 1 heterocycles. The van der Waals surface area contributed by atoms with Gasteiger partial charge in [0.15, 0.2) is 0 Å². The van der Waals surface area contributed by atoms with E-state index in [0.29, 0.717) is 5.92 Å². The van der Waals surface area contributed by atoms with E-state index in [2.05, 4.69) is 58.9 Å². The van der Waals surface area contributed by atoms with Crippen LogP contribution in [0.25, 0.3) is 11.0 Å². The monoisotopic (exact) mass is 216 g/mol. The molecular weight excluding hydrogens is 196 g/mol. The van der Waals surface area contributed by atoms with Crippen LogP contribution < -0.4 is 0 Å². The topological polar surface area (TPSA) is 13.1 Å². The van der Waals surface area contributed by atoms with E-state index >= 15 is 0 Å². The molecule has 0 bridgehead atoms. The fourth-order valence-electron chi connectivity index (χ4n) is 1.81. The van der Waals surface area contributed by atoms with Gasteiger partial charge in [0, 0.05) is 11.3 Å². The number of hydrogen-bond acceptors (Lipinski definition) is 1. The van der Waals surface area contributed by atoms with Crippen LogP contribution in [-0.2, 0) is 5.41 Å². The first kappa shape index (κ1) is 11.3. The molecule has 1 nitrogen and oxygen atoms in total. The van der Waals surface area contributed by atoms with Crippen LogP contribution in [0.4, 0.5) is 0 Å². The Morgan fingerprint density at radius 2 is 1.75 bits per heavy atom. The lowest BCUT2D eigenvalue weighted by Gasteiger charge is -2.18. The summed E-state index contributed by atoms with van der Waals surface area (Å²) in [6.45, 7) is 11.0. The van der Waals surface area contributed by atoms with Crippen LogP contribution >= 0.6 is 0 Å². The summed E-state index contributed by atoms with van der Waals surface area (Å²) in [5.41, 5.74) is 2.55. The quantitative estimate of drug-likeness (QED) is 0.664. The van der Waals surface area contributed by atoms with Gasteiger partial charge in [-0.25, -0.2) is 0 Å². The molecule has 86 valence electrons. The molecule has 16 heavy (non-hydrogen) atoms. The second-order valence-electron chi connectivity index (χ2n) is 5.81. The zero-order chi connectivity index (χ0) is 11.9. The standard InChI is InChI=1S/C15H20O/c1-10(2)14-9-11-8-12(15(3,4)5)6-7-13(11)16-14/h6-10H,1-5H3. The molecular formula is C15H20O. The Morgan fingerprint density at radius 1 is 1.06 bits per heavy atom. The molecule has 0 amide bonds. The Labute approximate surface area is 97.5 Å². The number of hydrogen-bond donors (Lipinski definition) is 0. The van der Waals surface area contributed by atoms with Gasteiger partial charge in [0.25, 0.3) is 0 Å². The van der Waals surface area contributed by atoms with Crippen LogP contribution in [-0.4, -0.2) is 0 Å². The van der Waals surface area contributed by atoms with Crippen molar-refractivity contribution in [3.05, 3.63) is 35.6 Å². The lowest BCUT2D eigenvalue weighted by atomic mass is 9.86. The molecule has 0 N–H and O–H groups in total. The highest BCUT2D eigenvalue weighted by Crippen LogP contribution is 2.29. The summed E-state index contributed by atoms with van der Waals surface area (Å²) >= 11 is 0. The Morgan fingerprint density at radius 3 is 2.31 bits per heavy atom. The van der Waals surface area contributed by atoms with Crippen molar-refractivity contribution < 1.29 is 4.42 Å². The van der Waals surface area contributed by atoms with Gasteiger partial charge >= 0.3 is 0 Å². The molecule has 0 aliphatic rings. The third-order valence-electron chi connectivity index (χ3n) is 2.97. The SMILES string of the molecule is CC(C)c1cc2cc(C(C)(C)C)ccc2o1. The lowest BCUT2D eigenvalue weighted by molar-refractivity contribution is 0.521. The van der Waals surface area contributed by atoms with E-state index in [0.717, 1.165) is 11.3 Å². The van der Waals surface area contributed by atoms with Crippen LogP contribution in [0.3, 0.4) is 0 Å². The average molecular weight is 216 g/mol. The lowest BCUT2D eigenvalue weighted by Crippen LogP contribution is -2.10. The summed E-state index contributed by atoms with van der Waals surface area (Å²) in [5, 5.41) is 1.22. The number of furan rings is 1. The summed E-state index contributed by atoms with van der Waals surface area (Å²) in [4.78, 5) is 0. The predicted octanol–water partition coefficient (Wildman–Crippen LogP) is 4.85. The molecule has 0 aliphatic heterocycles. The molecule has 2 rings (SSSR count). The largest absolute Gasteiger partial charge is 0.461 e. The fraction of sp³-hybridized carbons (Fsp3) is 0.467. The summed E-state index contributed by atoms with van der Waals surface area (Å²) < 4.78 is 5.80.